The molecule has 4 N–H and O–H groups in total. The molecule has 0 bridgehead atoms. The summed E-state index contributed by atoms with van der Waals surface area (Å²) in [6, 6.07) is 8.15. The van der Waals surface area contributed by atoms with Crippen molar-refractivity contribution in [2.24, 2.45) is 0 Å². The van der Waals surface area contributed by atoms with Crippen LogP contribution in [-0.4, -0.2) is 12.5 Å². The summed E-state index contributed by atoms with van der Waals surface area (Å²) in [5, 5.41) is 5.54. The molecule has 0 aliphatic heterocycles. The Balaban J connectivity index is 2.28. The monoisotopic (exact) mass is 291 g/mol. The normalized spacial score (nSPS) is 10.2. The van der Waals surface area contributed by atoms with Crippen molar-refractivity contribution in [1.29, 1.82) is 0 Å². The lowest BCUT2D eigenvalue weighted by molar-refractivity contribution is 0.0956. The summed E-state index contributed by atoms with van der Waals surface area (Å²) in [5.74, 6) is -2.12. The molecular formula is C15H15F2N3O. The Hall–Kier alpha value is -2.63. The van der Waals surface area contributed by atoms with Crippen LogP contribution in [0.5, 0.6) is 0 Å². The Morgan fingerprint density at radius 1 is 1.14 bits per heavy atom. The number of nitrogens with two attached hydrogens (primary N) is 1. The van der Waals surface area contributed by atoms with Gasteiger partial charge in [-0.3, -0.25) is 4.79 Å². The molecular weight excluding hydrogens is 276 g/mol. The lowest BCUT2D eigenvalue weighted by atomic mass is 10.1. The summed E-state index contributed by atoms with van der Waals surface area (Å²) in [4.78, 5) is 11.8. The minimum Gasteiger partial charge on any atom is -0.397 e. The van der Waals surface area contributed by atoms with E-state index in [0.717, 1.165) is 12.1 Å². The van der Waals surface area contributed by atoms with Gasteiger partial charge in [-0.25, -0.2) is 8.78 Å². The Morgan fingerprint density at radius 3 is 2.57 bits per heavy atom. The van der Waals surface area contributed by atoms with Crippen molar-refractivity contribution in [3.05, 3.63) is 53.6 Å². The van der Waals surface area contributed by atoms with Crippen LogP contribution >= 0.6 is 0 Å². The van der Waals surface area contributed by atoms with Crippen LogP contribution in [0.15, 0.2) is 36.4 Å². The second-order valence-corrected chi connectivity index (χ2v) is 4.42. The van der Waals surface area contributed by atoms with Crippen molar-refractivity contribution in [3.8, 4) is 0 Å². The molecule has 2 rings (SSSR count). The number of nitrogen functional groups attached to an aromatic ring is 1. The van der Waals surface area contributed by atoms with Gasteiger partial charge in [-0.2, -0.15) is 0 Å². The summed E-state index contributed by atoms with van der Waals surface area (Å²) in [6.45, 7) is 2.32. The van der Waals surface area contributed by atoms with Crippen molar-refractivity contribution in [2.45, 2.75) is 6.92 Å². The first-order valence-electron chi connectivity index (χ1n) is 6.41. The van der Waals surface area contributed by atoms with Crippen LogP contribution < -0.4 is 16.4 Å². The van der Waals surface area contributed by atoms with Gasteiger partial charge in [-0.15, -0.1) is 0 Å². The largest absolute Gasteiger partial charge is 0.397 e. The molecule has 0 saturated carbocycles. The van der Waals surface area contributed by atoms with Gasteiger partial charge in [-0.05, 0) is 37.3 Å². The number of hydrogen-bond donors (Lipinski definition) is 3. The highest BCUT2D eigenvalue weighted by molar-refractivity contribution is 5.96. The van der Waals surface area contributed by atoms with Crippen LogP contribution in [0.1, 0.15) is 17.3 Å². The van der Waals surface area contributed by atoms with E-state index in [1.165, 1.54) is 6.07 Å². The van der Waals surface area contributed by atoms with Gasteiger partial charge in [0.1, 0.15) is 0 Å². The molecule has 0 aromatic heterocycles. The lowest BCUT2D eigenvalue weighted by Crippen LogP contribution is -2.22. The van der Waals surface area contributed by atoms with Gasteiger partial charge in [0, 0.05) is 23.9 Å². The Bertz CT molecular complexity index is 674. The van der Waals surface area contributed by atoms with Crippen LogP contribution in [0, 0.1) is 11.6 Å². The summed E-state index contributed by atoms with van der Waals surface area (Å²) >= 11 is 0. The van der Waals surface area contributed by atoms with E-state index in [2.05, 4.69) is 10.6 Å². The van der Waals surface area contributed by atoms with Gasteiger partial charge in [0.15, 0.2) is 11.6 Å². The van der Waals surface area contributed by atoms with Gasteiger partial charge in [-0.1, -0.05) is 0 Å². The smallest absolute Gasteiger partial charge is 0.251 e. The molecule has 0 heterocycles. The van der Waals surface area contributed by atoms with Crippen molar-refractivity contribution in [1.82, 2.24) is 5.32 Å². The Morgan fingerprint density at radius 2 is 1.90 bits per heavy atom. The van der Waals surface area contributed by atoms with Gasteiger partial charge >= 0.3 is 0 Å². The van der Waals surface area contributed by atoms with E-state index in [9.17, 15) is 13.6 Å². The molecule has 21 heavy (non-hydrogen) atoms. The molecule has 2 aromatic carbocycles. The molecule has 1 amide bonds. The first kappa shape index (κ1) is 14.8. The van der Waals surface area contributed by atoms with Crippen molar-refractivity contribution in [3.63, 3.8) is 0 Å². The third kappa shape index (κ3) is 3.47. The molecule has 0 radical (unpaired) electrons. The molecule has 0 saturated heterocycles. The standard InChI is InChI=1S/C15H15F2N3O/c1-2-19-15(21)9-3-6-13(18)14(7-9)20-10-4-5-11(16)12(17)8-10/h3-8,20H,2,18H2,1H3,(H,19,21). The van der Waals surface area contributed by atoms with E-state index in [0.29, 0.717) is 29.2 Å². The molecule has 0 fully saturated rings. The third-order valence-electron chi connectivity index (χ3n) is 2.85. The van der Waals surface area contributed by atoms with Crippen molar-refractivity contribution < 1.29 is 13.6 Å². The molecule has 0 aliphatic carbocycles. The van der Waals surface area contributed by atoms with Crippen LogP contribution in [0.4, 0.5) is 25.8 Å². The van der Waals surface area contributed by atoms with Crippen molar-refractivity contribution >= 4 is 23.0 Å². The highest BCUT2D eigenvalue weighted by atomic mass is 19.2. The van der Waals surface area contributed by atoms with E-state index in [1.54, 1.807) is 18.2 Å². The average Bonchev–Trinajstić information content (AvgIpc) is 2.45. The quantitative estimate of drug-likeness (QED) is 0.758. The third-order valence-corrected chi connectivity index (χ3v) is 2.85. The molecule has 4 nitrogen and oxygen atoms in total. The molecule has 0 atom stereocenters. The SMILES string of the molecule is CCNC(=O)c1ccc(N)c(Nc2ccc(F)c(F)c2)c1. The number of nitrogens with one attached hydrogen (secondary N) is 2. The average molecular weight is 291 g/mol. The predicted octanol–water partition coefficient (Wildman–Crippen LogP) is 3.04. The van der Waals surface area contributed by atoms with Gasteiger partial charge in [0.2, 0.25) is 0 Å². The van der Waals surface area contributed by atoms with Crippen LogP contribution in [0.3, 0.4) is 0 Å². The maximum atomic E-state index is 13.2. The molecule has 0 aliphatic rings. The summed E-state index contributed by atoms with van der Waals surface area (Å²) in [5.41, 5.74) is 7.43. The molecule has 110 valence electrons. The predicted molar refractivity (Wildman–Crippen MR) is 78.5 cm³/mol. The van der Waals surface area contributed by atoms with Gasteiger partial charge < -0.3 is 16.4 Å². The van der Waals surface area contributed by atoms with Crippen molar-refractivity contribution in [2.75, 3.05) is 17.6 Å². The lowest BCUT2D eigenvalue weighted by Gasteiger charge is -2.11. The fraction of sp³-hybridized carbons (Fsp3) is 0.133. The number of carbonyl (C=O) groups is 1. The second kappa shape index (κ2) is 6.21. The van der Waals surface area contributed by atoms with E-state index >= 15 is 0 Å². The fourth-order valence-corrected chi connectivity index (χ4v) is 1.80. The minimum absolute atomic E-state index is 0.231. The minimum atomic E-state index is -0.960. The molecule has 2 aromatic rings. The molecule has 0 unspecified atom stereocenters. The first-order valence-corrected chi connectivity index (χ1v) is 6.41. The number of anilines is 3. The fourth-order valence-electron chi connectivity index (χ4n) is 1.80. The van der Waals surface area contributed by atoms with Crippen LogP contribution in [0.2, 0.25) is 0 Å². The zero-order valence-corrected chi connectivity index (χ0v) is 11.4. The molecule has 6 heteroatoms. The Labute approximate surface area is 121 Å². The summed E-state index contributed by atoms with van der Waals surface area (Å²) < 4.78 is 26.1. The van der Waals surface area contributed by atoms with E-state index < -0.39 is 11.6 Å². The number of benzene rings is 2. The maximum Gasteiger partial charge on any atom is 0.251 e. The van der Waals surface area contributed by atoms with E-state index in [-0.39, 0.29) is 5.91 Å². The number of carbonyl (C=O) groups excluding carboxylic acids is 1. The summed E-state index contributed by atoms with van der Waals surface area (Å²) in [6.07, 6.45) is 0. The molecule has 0 spiro atoms. The highest BCUT2D eigenvalue weighted by Crippen LogP contribution is 2.25. The topological polar surface area (TPSA) is 67.2 Å². The number of amides is 1. The van der Waals surface area contributed by atoms with Gasteiger partial charge in [0.25, 0.3) is 5.91 Å². The van der Waals surface area contributed by atoms with E-state index in [4.69, 9.17) is 5.73 Å². The van der Waals surface area contributed by atoms with Crippen LogP contribution in [0.25, 0.3) is 0 Å². The zero-order valence-electron chi connectivity index (χ0n) is 11.4. The maximum absolute atomic E-state index is 13.2. The number of rotatable bonds is 4. The number of hydrogen-bond acceptors (Lipinski definition) is 3. The Kier molecular flexibility index (Phi) is 4.37. The second-order valence-electron chi connectivity index (χ2n) is 4.42. The van der Waals surface area contributed by atoms with Crippen LogP contribution in [-0.2, 0) is 0 Å². The summed E-state index contributed by atoms with van der Waals surface area (Å²) in [7, 11) is 0. The van der Waals surface area contributed by atoms with Gasteiger partial charge in [0.05, 0.1) is 11.4 Å². The zero-order chi connectivity index (χ0) is 15.4. The first-order chi connectivity index (χ1) is 10.0. The van der Waals surface area contributed by atoms with E-state index in [1.807, 2.05) is 6.92 Å². The number of halogens is 2. The highest BCUT2D eigenvalue weighted by Gasteiger charge is 2.09.